The Hall–Kier alpha value is -2.39. The van der Waals surface area contributed by atoms with E-state index in [1.165, 1.54) is 4.90 Å². The molecule has 0 saturated carbocycles. The monoisotopic (exact) mass is 461 g/mol. The minimum absolute atomic E-state index is 0.220. The molecule has 0 N–H and O–H groups in total. The molecule has 154 valence electrons. The van der Waals surface area contributed by atoms with Crippen molar-refractivity contribution in [1.29, 1.82) is 0 Å². The van der Waals surface area contributed by atoms with E-state index in [1.54, 1.807) is 19.1 Å². The highest BCUT2D eigenvalue weighted by Crippen LogP contribution is 2.34. The molecule has 0 aliphatic carbocycles. The maximum atomic E-state index is 13.3. The zero-order chi connectivity index (χ0) is 20.7. The van der Waals surface area contributed by atoms with E-state index in [9.17, 15) is 9.59 Å². The average molecular weight is 462 g/mol. The van der Waals surface area contributed by atoms with E-state index >= 15 is 0 Å². The molecule has 4 rings (SSSR count). The van der Waals surface area contributed by atoms with Crippen LogP contribution in [0.1, 0.15) is 18.9 Å². The van der Waals surface area contributed by atoms with Crippen molar-refractivity contribution in [2.45, 2.75) is 32.1 Å². The Labute approximate surface area is 178 Å². The lowest BCUT2D eigenvalue weighted by Crippen LogP contribution is -2.63. The van der Waals surface area contributed by atoms with E-state index in [1.807, 2.05) is 42.3 Å². The predicted octanol–water partition coefficient (Wildman–Crippen LogP) is 2.42. The van der Waals surface area contributed by atoms with Gasteiger partial charge in [0.1, 0.15) is 0 Å². The number of benzene rings is 1. The highest BCUT2D eigenvalue weighted by molar-refractivity contribution is 9.10. The van der Waals surface area contributed by atoms with Crippen LogP contribution in [-0.2, 0) is 16.1 Å². The van der Waals surface area contributed by atoms with Crippen LogP contribution in [0.4, 0.5) is 4.79 Å². The second kappa shape index (κ2) is 7.79. The molecule has 3 heterocycles. The fourth-order valence-corrected chi connectivity index (χ4v) is 4.23. The minimum atomic E-state index is -0.537. The van der Waals surface area contributed by atoms with Gasteiger partial charge in [-0.2, -0.15) is 0 Å². The molecule has 9 heteroatoms. The van der Waals surface area contributed by atoms with E-state index in [0.717, 1.165) is 34.7 Å². The maximum absolute atomic E-state index is 13.3. The van der Waals surface area contributed by atoms with Crippen LogP contribution in [0, 0.1) is 0 Å². The summed E-state index contributed by atoms with van der Waals surface area (Å²) < 4.78 is 6.11. The van der Waals surface area contributed by atoms with Crippen molar-refractivity contribution in [2.24, 2.45) is 4.99 Å². The van der Waals surface area contributed by atoms with E-state index in [4.69, 9.17) is 9.73 Å². The lowest BCUT2D eigenvalue weighted by atomic mass is 10.1. The van der Waals surface area contributed by atoms with Crippen LogP contribution < -0.4 is 0 Å². The maximum Gasteiger partial charge on any atom is 0.328 e. The summed E-state index contributed by atoms with van der Waals surface area (Å²) in [5.41, 5.74) is 1.93. The highest BCUT2D eigenvalue weighted by Gasteiger charge is 2.54. The van der Waals surface area contributed by atoms with Gasteiger partial charge in [0.05, 0.1) is 6.54 Å². The van der Waals surface area contributed by atoms with Gasteiger partial charge < -0.3 is 19.4 Å². The Kier molecular flexibility index (Phi) is 5.35. The lowest BCUT2D eigenvalue weighted by molar-refractivity contribution is -0.137. The number of carbonyl (C=O) groups is 2. The number of nitrogens with zero attached hydrogens (tertiary/aromatic N) is 5. The lowest BCUT2D eigenvalue weighted by Gasteiger charge is -2.40. The summed E-state index contributed by atoms with van der Waals surface area (Å²) in [4.78, 5) is 37.9. The molecule has 0 spiro atoms. The number of rotatable bonds is 6. The molecule has 2 atom stereocenters. The summed E-state index contributed by atoms with van der Waals surface area (Å²) in [6.45, 7) is 3.65. The second-order valence-electron chi connectivity index (χ2n) is 7.41. The van der Waals surface area contributed by atoms with Gasteiger partial charge in [0, 0.05) is 43.7 Å². The molecule has 0 bridgehead atoms. The summed E-state index contributed by atoms with van der Waals surface area (Å²) in [7, 11) is 3.39. The zero-order valence-electron chi connectivity index (χ0n) is 16.7. The number of hydrogen-bond donors (Lipinski definition) is 0. The first-order valence-electron chi connectivity index (χ1n) is 9.56. The van der Waals surface area contributed by atoms with E-state index in [0.29, 0.717) is 6.61 Å². The van der Waals surface area contributed by atoms with Gasteiger partial charge in [-0.3, -0.25) is 9.69 Å². The minimum Gasteiger partial charge on any atom is -0.385 e. The molecule has 1 aromatic carbocycles. The van der Waals surface area contributed by atoms with Crippen molar-refractivity contribution >= 4 is 33.8 Å². The standard InChI is InChI=1S/C20H24BrN5O3/c1-13-11-25-16-17(22-19(25)24(13)9-4-10-29-3)23(2)20(28)26(18(16)27)12-14-5-7-15(21)8-6-14/h5-8,11,16-17H,4,9-10,12H2,1-3H3. The Morgan fingerprint density at radius 2 is 1.90 bits per heavy atom. The van der Waals surface area contributed by atoms with E-state index in [2.05, 4.69) is 20.8 Å². The Balaban J connectivity index is 1.57. The molecule has 0 radical (unpaired) electrons. The van der Waals surface area contributed by atoms with Crippen molar-refractivity contribution in [3.8, 4) is 0 Å². The first-order chi connectivity index (χ1) is 13.9. The van der Waals surface area contributed by atoms with Crippen LogP contribution in [0.3, 0.4) is 0 Å². The fraction of sp³-hybridized carbons (Fsp3) is 0.450. The van der Waals surface area contributed by atoms with Crippen LogP contribution >= 0.6 is 15.9 Å². The van der Waals surface area contributed by atoms with Crippen molar-refractivity contribution < 1.29 is 14.3 Å². The molecule has 1 fully saturated rings. The summed E-state index contributed by atoms with van der Waals surface area (Å²) in [6, 6.07) is 6.77. The molecule has 3 aliphatic heterocycles. The van der Waals surface area contributed by atoms with Crippen LogP contribution in [0.15, 0.2) is 45.6 Å². The van der Waals surface area contributed by atoms with Crippen LogP contribution in [0.5, 0.6) is 0 Å². The third kappa shape index (κ3) is 3.42. The number of guanidine groups is 1. The molecule has 1 aromatic rings. The van der Waals surface area contributed by atoms with Gasteiger partial charge in [-0.05, 0) is 31.0 Å². The van der Waals surface area contributed by atoms with Gasteiger partial charge in [-0.1, -0.05) is 28.1 Å². The number of aliphatic imine (C=N–C) groups is 1. The van der Waals surface area contributed by atoms with E-state index < -0.39 is 12.2 Å². The zero-order valence-corrected chi connectivity index (χ0v) is 18.3. The van der Waals surface area contributed by atoms with Gasteiger partial charge in [0.2, 0.25) is 5.96 Å². The summed E-state index contributed by atoms with van der Waals surface area (Å²) in [6.07, 6.45) is 2.29. The first-order valence-corrected chi connectivity index (χ1v) is 10.4. The number of methoxy groups -OCH3 is 1. The number of allylic oxidation sites excluding steroid dienone is 1. The molecule has 3 amide bonds. The van der Waals surface area contributed by atoms with E-state index in [-0.39, 0.29) is 18.5 Å². The summed E-state index contributed by atoms with van der Waals surface area (Å²) >= 11 is 3.41. The topological polar surface area (TPSA) is 68.7 Å². The number of halogens is 1. The van der Waals surface area contributed by atoms with Crippen molar-refractivity contribution in [3.05, 3.63) is 46.2 Å². The summed E-state index contributed by atoms with van der Waals surface area (Å²) in [5, 5.41) is 0. The molecular weight excluding hydrogens is 438 g/mol. The van der Waals surface area contributed by atoms with Crippen molar-refractivity contribution in [1.82, 2.24) is 19.6 Å². The SMILES string of the molecule is COCCCN1C(C)=CN2C1=NC1C2C(=O)N(Cc2ccc(Br)cc2)C(=O)N1C. The molecule has 8 nitrogen and oxygen atoms in total. The van der Waals surface area contributed by atoms with Gasteiger partial charge in [0.25, 0.3) is 5.91 Å². The average Bonchev–Trinajstić information content (AvgIpc) is 3.21. The predicted molar refractivity (Wildman–Crippen MR) is 112 cm³/mol. The number of urea groups is 1. The van der Waals surface area contributed by atoms with Gasteiger partial charge in [0.15, 0.2) is 12.2 Å². The fourth-order valence-electron chi connectivity index (χ4n) is 3.96. The number of fused-ring (bicyclic) bond motifs is 3. The summed E-state index contributed by atoms with van der Waals surface area (Å²) in [5.74, 6) is 0.509. The number of likely N-dealkylation sites (N-methyl/N-ethyl adjacent to an activating group) is 1. The Bertz CT molecular complexity index is 885. The Morgan fingerprint density at radius 1 is 1.17 bits per heavy atom. The van der Waals surface area contributed by atoms with Crippen molar-refractivity contribution in [3.63, 3.8) is 0 Å². The van der Waals surface area contributed by atoms with Crippen LogP contribution in [0.25, 0.3) is 0 Å². The number of amides is 3. The largest absolute Gasteiger partial charge is 0.385 e. The molecular formula is C20H24BrN5O3. The van der Waals surface area contributed by atoms with Crippen LogP contribution in [-0.4, -0.2) is 77.0 Å². The third-order valence-electron chi connectivity index (χ3n) is 5.49. The number of carbonyl (C=O) groups excluding carboxylic acids is 2. The molecule has 0 aromatic heterocycles. The Morgan fingerprint density at radius 3 is 2.59 bits per heavy atom. The van der Waals surface area contributed by atoms with Gasteiger partial charge in [-0.15, -0.1) is 0 Å². The smallest absolute Gasteiger partial charge is 0.328 e. The highest BCUT2D eigenvalue weighted by atomic mass is 79.9. The van der Waals surface area contributed by atoms with Crippen molar-refractivity contribution in [2.75, 3.05) is 27.3 Å². The molecule has 1 saturated heterocycles. The molecule has 2 unspecified atom stereocenters. The normalized spacial score (nSPS) is 23.4. The third-order valence-corrected chi connectivity index (χ3v) is 6.02. The van der Waals surface area contributed by atoms with Gasteiger partial charge >= 0.3 is 6.03 Å². The quantitative estimate of drug-likeness (QED) is 0.608. The van der Waals surface area contributed by atoms with Crippen LogP contribution in [0.2, 0.25) is 0 Å². The number of ether oxygens (including phenoxy) is 1. The molecule has 29 heavy (non-hydrogen) atoms. The number of hydrogen-bond acceptors (Lipinski definition) is 6. The molecule has 3 aliphatic rings. The second-order valence-corrected chi connectivity index (χ2v) is 8.32. The van der Waals surface area contributed by atoms with Gasteiger partial charge in [-0.25, -0.2) is 9.79 Å². The number of imide groups is 1. The first kappa shape index (κ1) is 19.9.